The fourth-order valence-corrected chi connectivity index (χ4v) is 3.53. The van der Waals surface area contributed by atoms with Crippen LogP contribution in [0.4, 0.5) is 4.39 Å². The Balaban J connectivity index is 1.87. The molecule has 2 heteroatoms. The van der Waals surface area contributed by atoms with E-state index in [-0.39, 0.29) is 5.82 Å². The summed E-state index contributed by atoms with van der Waals surface area (Å²) in [5.74, 6) is 1.24. The Bertz CT molecular complexity index is 432. The lowest BCUT2D eigenvalue weighted by Crippen LogP contribution is -2.33. The van der Waals surface area contributed by atoms with E-state index in [0.29, 0.717) is 5.92 Å². The van der Waals surface area contributed by atoms with Gasteiger partial charge >= 0.3 is 0 Å². The van der Waals surface area contributed by atoms with Crippen LogP contribution in [0, 0.1) is 24.6 Å². The van der Waals surface area contributed by atoms with Crippen LogP contribution in [0.1, 0.15) is 49.7 Å². The van der Waals surface area contributed by atoms with Crippen LogP contribution in [0.25, 0.3) is 0 Å². The lowest BCUT2D eigenvalue weighted by molar-refractivity contribution is -0.0254. The maximum Gasteiger partial charge on any atom is 0.123 e. The Kier molecular flexibility index (Phi) is 2.93. The number of aryl methyl sites for hydroxylation is 1. The van der Waals surface area contributed by atoms with Gasteiger partial charge in [-0.2, -0.15) is 0 Å². The molecular formula is C16H21FO. The van der Waals surface area contributed by atoms with Gasteiger partial charge in [0.15, 0.2) is 0 Å². The van der Waals surface area contributed by atoms with Gasteiger partial charge < -0.3 is 5.11 Å². The summed E-state index contributed by atoms with van der Waals surface area (Å²) in [6, 6.07) is 4.98. The number of hydrogen-bond acceptors (Lipinski definition) is 1. The summed E-state index contributed by atoms with van der Waals surface area (Å²) in [5.41, 5.74) is 0.885. The monoisotopic (exact) mass is 248 g/mol. The molecule has 0 saturated heterocycles. The van der Waals surface area contributed by atoms with Gasteiger partial charge in [-0.1, -0.05) is 6.07 Å². The summed E-state index contributed by atoms with van der Waals surface area (Å²) in [7, 11) is 0. The summed E-state index contributed by atoms with van der Waals surface area (Å²) in [6.45, 7) is 1.89. The number of halogens is 1. The molecule has 0 aliphatic heterocycles. The first kappa shape index (κ1) is 12.2. The third kappa shape index (κ3) is 2.31. The fourth-order valence-electron chi connectivity index (χ4n) is 3.53. The zero-order valence-electron chi connectivity index (χ0n) is 11.0. The van der Waals surface area contributed by atoms with E-state index >= 15 is 0 Å². The Morgan fingerprint density at radius 3 is 2.61 bits per heavy atom. The molecule has 0 amide bonds. The van der Waals surface area contributed by atoms with Gasteiger partial charge in [-0.3, -0.25) is 0 Å². The highest BCUT2D eigenvalue weighted by molar-refractivity contribution is 5.29. The first-order valence-electron chi connectivity index (χ1n) is 7.07. The second-order valence-electron chi connectivity index (χ2n) is 6.24. The average Bonchev–Trinajstić information content (AvgIpc) is 3.11. The van der Waals surface area contributed by atoms with Crippen LogP contribution in [0.3, 0.4) is 0 Å². The third-order valence-electron chi connectivity index (χ3n) is 4.63. The Labute approximate surface area is 108 Å². The van der Waals surface area contributed by atoms with Gasteiger partial charge in [0.25, 0.3) is 0 Å². The molecule has 1 N–H and O–H groups in total. The molecule has 2 saturated carbocycles. The lowest BCUT2D eigenvalue weighted by Gasteiger charge is -2.37. The van der Waals surface area contributed by atoms with Crippen molar-refractivity contribution in [3.05, 3.63) is 35.1 Å². The largest absolute Gasteiger partial charge is 0.385 e. The molecule has 18 heavy (non-hydrogen) atoms. The molecule has 0 spiro atoms. The number of aliphatic hydroxyl groups is 1. The maximum absolute atomic E-state index is 13.5. The molecule has 0 bridgehead atoms. The van der Waals surface area contributed by atoms with E-state index in [2.05, 4.69) is 0 Å². The van der Waals surface area contributed by atoms with Crippen molar-refractivity contribution < 1.29 is 9.50 Å². The van der Waals surface area contributed by atoms with Crippen molar-refractivity contribution >= 4 is 0 Å². The van der Waals surface area contributed by atoms with Gasteiger partial charge in [-0.15, -0.1) is 0 Å². The molecule has 1 nitrogen and oxygen atoms in total. The van der Waals surface area contributed by atoms with E-state index < -0.39 is 5.60 Å². The highest BCUT2D eigenvalue weighted by atomic mass is 19.1. The fraction of sp³-hybridized carbons (Fsp3) is 0.625. The van der Waals surface area contributed by atoms with Crippen LogP contribution in [0.15, 0.2) is 18.2 Å². The van der Waals surface area contributed by atoms with Crippen LogP contribution >= 0.6 is 0 Å². The number of benzene rings is 1. The average molecular weight is 248 g/mol. The van der Waals surface area contributed by atoms with Crippen molar-refractivity contribution in [1.82, 2.24) is 0 Å². The SMILES string of the molecule is Cc1cc(F)cc(C2(O)CCCC(C3CC3)C2)c1. The normalized spacial score (nSPS) is 32.5. The quantitative estimate of drug-likeness (QED) is 0.841. The Hall–Kier alpha value is -0.890. The van der Waals surface area contributed by atoms with E-state index in [1.807, 2.05) is 13.0 Å². The maximum atomic E-state index is 13.5. The molecule has 2 unspecified atom stereocenters. The molecule has 3 rings (SSSR count). The van der Waals surface area contributed by atoms with Crippen LogP contribution in [-0.4, -0.2) is 5.11 Å². The number of hydrogen-bond donors (Lipinski definition) is 1. The topological polar surface area (TPSA) is 20.2 Å². The molecule has 2 atom stereocenters. The molecular weight excluding hydrogens is 227 g/mol. The summed E-state index contributed by atoms with van der Waals surface area (Å²) in [5, 5.41) is 10.9. The summed E-state index contributed by atoms with van der Waals surface area (Å²) in [4.78, 5) is 0. The molecule has 98 valence electrons. The van der Waals surface area contributed by atoms with Crippen molar-refractivity contribution in [2.75, 3.05) is 0 Å². The molecule has 1 aromatic carbocycles. The van der Waals surface area contributed by atoms with Gasteiger partial charge in [-0.25, -0.2) is 4.39 Å². The van der Waals surface area contributed by atoms with Crippen molar-refractivity contribution in [3.63, 3.8) is 0 Å². The van der Waals surface area contributed by atoms with Crippen molar-refractivity contribution in [1.29, 1.82) is 0 Å². The van der Waals surface area contributed by atoms with E-state index in [1.165, 1.54) is 31.4 Å². The smallest absolute Gasteiger partial charge is 0.123 e. The van der Waals surface area contributed by atoms with Crippen molar-refractivity contribution in [2.24, 2.45) is 11.8 Å². The summed E-state index contributed by atoms with van der Waals surface area (Å²) in [6.07, 6.45) is 6.54. The number of rotatable bonds is 2. The predicted molar refractivity (Wildman–Crippen MR) is 69.7 cm³/mol. The molecule has 2 fully saturated rings. The van der Waals surface area contributed by atoms with Crippen LogP contribution in [0.2, 0.25) is 0 Å². The van der Waals surface area contributed by atoms with Gasteiger partial charge in [0.05, 0.1) is 5.60 Å². The third-order valence-corrected chi connectivity index (χ3v) is 4.63. The molecule has 1 aromatic rings. The standard InChI is InChI=1S/C16H21FO/c1-11-7-14(9-15(17)8-11)16(18)6-2-3-13(10-16)12-4-5-12/h7-9,12-13,18H,2-6,10H2,1H3. The zero-order valence-corrected chi connectivity index (χ0v) is 11.0. The molecule has 2 aliphatic rings. The van der Waals surface area contributed by atoms with Gasteiger partial charge in [0, 0.05) is 0 Å². The molecule has 0 heterocycles. The minimum absolute atomic E-state index is 0.230. The van der Waals surface area contributed by atoms with Gasteiger partial charge in [0.2, 0.25) is 0 Å². The predicted octanol–water partition coefficient (Wildman–Crippen LogP) is 3.92. The van der Waals surface area contributed by atoms with E-state index in [1.54, 1.807) is 0 Å². The molecule has 2 aliphatic carbocycles. The molecule has 0 aromatic heterocycles. The van der Waals surface area contributed by atoms with Gasteiger partial charge in [-0.05, 0) is 80.5 Å². The minimum Gasteiger partial charge on any atom is -0.385 e. The van der Waals surface area contributed by atoms with Crippen LogP contribution < -0.4 is 0 Å². The highest BCUT2D eigenvalue weighted by Gasteiger charge is 2.41. The second kappa shape index (κ2) is 4.34. The van der Waals surface area contributed by atoms with Crippen molar-refractivity contribution in [3.8, 4) is 0 Å². The van der Waals surface area contributed by atoms with Crippen LogP contribution in [0.5, 0.6) is 0 Å². The van der Waals surface area contributed by atoms with E-state index in [4.69, 9.17) is 0 Å². The van der Waals surface area contributed by atoms with Gasteiger partial charge in [0.1, 0.15) is 5.82 Å². The van der Waals surface area contributed by atoms with E-state index in [0.717, 1.165) is 36.3 Å². The Morgan fingerprint density at radius 2 is 1.94 bits per heavy atom. The van der Waals surface area contributed by atoms with Crippen molar-refractivity contribution in [2.45, 2.75) is 51.0 Å². The van der Waals surface area contributed by atoms with Crippen LogP contribution in [-0.2, 0) is 5.60 Å². The first-order chi connectivity index (χ1) is 8.57. The van der Waals surface area contributed by atoms with E-state index in [9.17, 15) is 9.50 Å². The minimum atomic E-state index is -0.793. The summed E-state index contributed by atoms with van der Waals surface area (Å²) < 4.78 is 13.5. The second-order valence-corrected chi connectivity index (χ2v) is 6.24. The lowest BCUT2D eigenvalue weighted by atomic mass is 9.72. The summed E-state index contributed by atoms with van der Waals surface area (Å²) >= 11 is 0. The molecule has 0 radical (unpaired) electrons. The first-order valence-corrected chi connectivity index (χ1v) is 7.07. The Morgan fingerprint density at radius 1 is 1.17 bits per heavy atom. The zero-order chi connectivity index (χ0) is 12.8. The highest BCUT2D eigenvalue weighted by Crippen LogP contribution is 2.49.